The largest absolute Gasteiger partial charge is 0.399 e. The van der Waals surface area contributed by atoms with Gasteiger partial charge in [-0.25, -0.2) is 4.98 Å². The van der Waals surface area contributed by atoms with Crippen molar-refractivity contribution in [1.29, 1.82) is 0 Å². The zero-order chi connectivity index (χ0) is 14.1. The molecule has 3 rings (SSSR count). The summed E-state index contributed by atoms with van der Waals surface area (Å²) < 4.78 is 0. The second kappa shape index (κ2) is 5.44. The van der Waals surface area contributed by atoms with Gasteiger partial charge in [0.15, 0.2) is 0 Å². The molecule has 0 saturated heterocycles. The Balaban J connectivity index is 1.99. The Labute approximate surface area is 130 Å². The Morgan fingerprint density at radius 3 is 2.55 bits per heavy atom. The van der Waals surface area contributed by atoms with Crippen LogP contribution >= 0.6 is 34.5 Å². The van der Waals surface area contributed by atoms with E-state index in [4.69, 9.17) is 28.9 Å². The molecule has 0 atom stereocenters. The average Bonchev–Trinajstić information content (AvgIpc) is 2.92. The minimum Gasteiger partial charge on any atom is -0.399 e. The van der Waals surface area contributed by atoms with Gasteiger partial charge in [0.25, 0.3) is 0 Å². The van der Waals surface area contributed by atoms with Crippen molar-refractivity contribution < 1.29 is 0 Å². The molecule has 100 valence electrons. The number of anilines is 1. The standard InChI is InChI=1S/C15H10Cl2N2S/c16-12-5-4-10(7-13(12)17)15-19-14(8-20-15)9-2-1-3-11(18)6-9/h1-8H,18H2. The van der Waals surface area contributed by atoms with Gasteiger partial charge in [0, 0.05) is 22.2 Å². The van der Waals surface area contributed by atoms with Gasteiger partial charge in [0.2, 0.25) is 0 Å². The fraction of sp³-hybridized carbons (Fsp3) is 0. The van der Waals surface area contributed by atoms with Gasteiger partial charge >= 0.3 is 0 Å². The lowest BCUT2D eigenvalue weighted by molar-refractivity contribution is 1.40. The van der Waals surface area contributed by atoms with Gasteiger partial charge in [0.05, 0.1) is 15.7 Å². The van der Waals surface area contributed by atoms with E-state index >= 15 is 0 Å². The molecule has 0 spiro atoms. The van der Waals surface area contributed by atoms with Crippen LogP contribution in [0.5, 0.6) is 0 Å². The van der Waals surface area contributed by atoms with E-state index in [0.717, 1.165) is 27.5 Å². The number of hydrogen-bond acceptors (Lipinski definition) is 3. The van der Waals surface area contributed by atoms with Gasteiger partial charge in [-0.3, -0.25) is 0 Å². The van der Waals surface area contributed by atoms with Crippen molar-refractivity contribution in [1.82, 2.24) is 4.98 Å². The predicted octanol–water partition coefficient (Wildman–Crippen LogP) is 5.37. The van der Waals surface area contributed by atoms with Crippen LogP contribution in [0.15, 0.2) is 47.8 Å². The van der Waals surface area contributed by atoms with E-state index < -0.39 is 0 Å². The molecule has 0 bridgehead atoms. The minimum atomic E-state index is 0.532. The summed E-state index contributed by atoms with van der Waals surface area (Å²) in [5, 5.41) is 3.99. The molecule has 0 amide bonds. The Hall–Kier alpha value is -1.55. The second-order valence-electron chi connectivity index (χ2n) is 4.29. The highest BCUT2D eigenvalue weighted by molar-refractivity contribution is 7.13. The number of nitrogens with two attached hydrogens (primary N) is 1. The summed E-state index contributed by atoms with van der Waals surface area (Å²) in [6.45, 7) is 0. The molecule has 2 N–H and O–H groups in total. The summed E-state index contributed by atoms with van der Waals surface area (Å²) in [5.41, 5.74) is 9.39. The van der Waals surface area contributed by atoms with Crippen LogP contribution in [0.25, 0.3) is 21.8 Å². The molecule has 2 nitrogen and oxygen atoms in total. The number of thiazole rings is 1. The number of nitrogens with zero attached hydrogens (tertiary/aromatic N) is 1. The summed E-state index contributed by atoms with van der Waals surface area (Å²) in [4.78, 5) is 4.62. The molecule has 0 fully saturated rings. The van der Waals surface area contributed by atoms with Crippen LogP contribution in [0.1, 0.15) is 0 Å². The molecule has 3 aromatic rings. The first-order valence-electron chi connectivity index (χ1n) is 5.90. The van der Waals surface area contributed by atoms with Crippen LogP contribution < -0.4 is 5.73 Å². The van der Waals surface area contributed by atoms with Gasteiger partial charge < -0.3 is 5.73 Å². The first-order chi connectivity index (χ1) is 9.63. The van der Waals surface area contributed by atoms with E-state index in [0.29, 0.717) is 10.0 Å². The lowest BCUT2D eigenvalue weighted by atomic mass is 10.1. The quantitative estimate of drug-likeness (QED) is 0.645. The Kier molecular flexibility index (Phi) is 3.66. The van der Waals surface area contributed by atoms with E-state index in [9.17, 15) is 0 Å². The maximum absolute atomic E-state index is 6.04. The number of benzene rings is 2. The second-order valence-corrected chi connectivity index (χ2v) is 5.96. The molecule has 20 heavy (non-hydrogen) atoms. The van der Waals surface area contributed by atoms with Gasteiger partial charge in [-0.15, -0.1) is 11.3 Å². The number of aromatic nitrogens is 1. The molecule has 1 aromatic heterocycles. The van der Waals surface area contributed by atoms with Crippen molar-refractivity contribution >= 4 is 40.2 Å². The summed E-state index contributed by atoms with van der Waals surface area (Å²) in [6.07, 6.45) is 0. The highest BCUT2D eigenvalue weighted by atomic mass is 35.5. The fourth-order valence-electron chi connectivity index (χ4n) is 1.87. The number of rotatable bonds is 2. The van der Waals surface area contributed by atoms with Gasteiger partial charge in [-0.1, -0.05) is 41.4 Å². The predicted molar refractivity (Wildman–Crippen MR) is 87.4 cm³/mol. The topological polar surface area (TPSA) is 38.9 Å². The molecule has 0 unspecified atom stereocenters. The number of halogens is 2. The number of nitrogen functional groups attached to an aromatic ring is 1. The fourth-order valence-corrected chi connectivity index (χ4v) is 2.99. The molecule has 0 radical (unpaired) electrons. The SMILES string of the molecule is Nc1cccc(-c2csc(-c3ccc(Cl)c(Cl)c3)n2)c1. The lowest BCUT2D eigenvalue weighted by Gasteiger charge is -2.00. The lowest BCUT2D eigenvalue weighted by Crippen LogP contribution is -1.85. The Morgan fingerprint density at radius 1 is 0.950 bits per heavy atom. The van der Waals surface area contributed by atoms with Gasteiger partial charge in [0.1, 0.15) is 5.01 Å². The minimum absolute atomic E-state index is 0.532. The van der Waals surface area contributed by atoms with Crippen LogP contribution in [-0.4, -0.2) is 4.98 Å². The molecule has 0 aliphatic carbocycles. The van der Waals surface area contributed by atoms with E-state index in [1.807, 2.05) is 41.8 Å². The summed E-state index contributed by atoms with van der Waals surface area (Å²) >= 11 is 13.5. The van der Waals surface area contributed by atoms with Crippen molar-refractivity contribution in [3.05, 3.63) is 57.9 Å². The first-order valence-corrected chi connectivity index (χ1v) is 7.54. The molecule has 1 heterocycles. The molecule has 0 aliphatic heterocycles. The van der Waals surface area contributed by atoms with Crippen LogP contribution in [0.2, 0.25) is 10.0 Å². The zero-order valence-corrected chi connectivity index (χ0v) is 12.6. The molecular formula is C15H10Cl2N2S. The summed E-state index contributed by atoms with van der Waals surface area (Å²) in [5.74, 6) is 0. The smallest absolute Gasteiger partial charge is 0.124 e. The van der Waals surface area contributed by atoms with Crippen molar-refractivity contribution in [2.75, 3.05) is 5.73 Å². The van der Waals surface area contributed by atoms with Crippen molar-refractivity contribution in [2.24, 2.45) is 0 Å². The van der Waals surface area contributed by atoms with Crippen molar-refractivity contribution in [3.63, 3.8) is 0 Å². The van der Waals surface area contributed by atoms with E-state index in [2.05, 4.69) is 4.98 Å². The summed E-state index contributed by atoms with van der Waals surface area (Å²) in [7, 11) is 0. The third-order valence-electron chi connectivity index (χ3n) is 2.85. The molecule has 0 saturated carbocycles. The summed E-state index contributed by atoms with van der Waals surface area (Å²) in [6, 6.07) is 13.2. The number of hydrogen-bond donors (Lipinski definition) is 1. The molecule has 5 heteroatoms. The molecular weight excluding hydrogens is 311 g/mol. The normalized spacial score (nSPS) is 10.7. The van der Waals surface area contributed by atoms with Gasteiger partial charge in [-0.05, 0) is 24.3 Å². The van der Waals surface area contributed by atoms with E-state index in [-0.39, 0.29) is 0 Å². The Morgan fingerprint density at radius 2 is 1.80 bits per heavy atom. The monoisotopic (exact) mass is 320 g/mol. The molecule has 2 aromatic carbocycles. The molecule has 0 aliphatic rings. The first kappa shape index (κ1) is 13.4. The maximum atomic E-state index is 6.04. The van der Waals surface area contributed by atoms with Gasteiger partial charge in [-0.2, -0.15) is 0 Å². The Bertz CT molecular complexity index is 768. The highest BCUT2D eigenvalue weighted by Crippen LogP contribution is 2.32. The third kappa shape index (κ3) is 2.66. The van der Waals surface area contributed by atoms with Crippen LogP contribution in [0.4, 0.5) is 5.69 Å². The van der Waals surface area contributed by atoms with Crippen LogP contribution in [-0.2, 0) is 0 Å². The van der Waals surface area contributed by atoms with Crippen LogP contribution in [0, 0.1) is 0 Å². The van der Waals surface area contributed by atoms with E-state index in [1.54, 1.807) is 17.4 Å². The van der Waals surface area contributed by atoms with E-state index in [1.165, 1.54) is 0 Å². The highest BCUT2D eigenvalue weighted by Gasteiger charge is 2.08. The van der Waals surface area contributed by atoms with Crippen molar-refractivity contribution in [2.45, 2.75) is 0 Å². The van der Waals surface area contributed by atoms with Crippen LogP contribution in [0.3, 0.4) is 0 Å². The van der Waals surface area contributed by atoms with Crippen molar-refractivity contribution in [3.8, 4) is 21.8 Å². The third-order valence-corrected chi connectivity index (χ3v) is 4.48. The maximum Gasteiger partial charge on any atom is 0.124 e. The zero-order valence-electron chi connectivity index (χ0n) is 10.3. The average molecular weight is 321 g/mol.